The second kappa shape index (κ2) is 3.97. The topological polar surface area (TPSA) is 9.23 Å². The van der Waals surface area contributed by atoms with E-state index in [4.69, 9.17) is 4.74 Å². The maximum atomic E-state index is 5.90. The molecule has 0 N–H and O–H groups in total. The lowest BCUT2D eigenvalue weighted by Gasteiger charge is -2.09. The van der Waals surface area contributed by atoms with E-state index in [1.54, 1.807) is 0 Å². The molecule has 1 heterocycles. The van der Waals surface area contributed by atoms with Crippen LogP contribution >= 0.6 is 63.7 Å². The number of hydrogen-bond acceptors (Lipinski definition) is 1. The first-order chi connectivity index (χ1) is 7.61. The van der Waals surface area contributed by atoms with Crippen LogP contribution in [0.15, 0.2) is 36.1 Å². The Hall–Kier alpha value is 0.420. The van der Waals surface area contributed by atoms with Crippen molar-refractivity contribution in [3.8, 4) is 5.75 Å². The summed E-state index contributed by atoms with van der Waals surface area (Å²) in [6.07, 6.45) is 6.23. The Morgan fingerprint density at radius 2 is 1.62 bits per heavy atom. The molecule has 1 aromatic carbocycles. The Morgan fingerprint density at radius 3 is 2.38 bits per heavy atom. The zero-order valence-corrected chi connectivity index (χ0v) is 14.1. The van der Waals surface area contributed by atoms with Gasteiger partial charge in [-0.3, -0.25) is 0 Å². The van der Waals surface area contributed by atoms with E-state index in [0.717, 1.165) is 29.2 Å². The number of rotatable bonds is 0. The van der Waals surface area contributed by atoms with Crippen LogP contribution in [-0.2, 0) is 0 Å². The van der Waals surface area contributed by atoms with Crippen LogP contribution in [0, 0.1) is 0 Å². The molecule has 0 aromatic heterocycles. The van der Waals surface area contributed by atoms with Gasteiger partial charge >= 0.3 is 0 Å². The molecule has 0 saturated carbocycles. The largest absolute Gasteiger partial charge is 0.480 e. The maximum Gasteiger partial charge on any atom is 0.144 e. The first-order valence-corrected chi connectivity index (χ1v) is 7.70. The summed E-state index contributed by atoms with van der Waals surface area (Å²) in [4.78, 5) is 0. The van der Waals surface area contributed by atoms with Crippen molar-refractivity contribution in [2.75, 3.05) is 0 Å². The molecular formula is C11H4Br4O. The third-order valence-electron chi connectivity index (χ3n) is 2.63. The lowest BCUT2D eigenvalue weighted by Crippen LogP contribution is -2.04. The van der Waals surface area contributed by atoms with Crippen molar-refractivity contribution < 1.29 is 4.74 Å². The SMILES string of the molecule is Brc1c(Br)c(Br)c2c(c1Br)OC1C=CC=C21. The summed E-state index contributed by atoms with van der Waals surface area (Å²) in [6, 6.07) is 0. The van der Waals surface area contributed by atoms with Crippen LogP contribution in [0.3, 0.4) is 0 Å². The molecule has 0 bridgehead atoms. The summed E-state index contributed by atoms with van der Waals surface area (Å²) in [5.41, 5.74) is 2.33. The summed E-state index contributed by atoms with van der Waals surface area (Å²) < 4.78 is 9.82. The van der Waals surface area contributed by atoms with E-state index in [0.29, 0.717) is 0 Å². The molecule has 1 aliphatic heterocycles. The molecule has 0 radical (unpaired) electrons. The van der Waals surface area contributed by atoms with Crippen LogP contribution in [0.25, 0.3) is 5.57 Å². The highest BCUT2D eigenvalue weighted by Crippen LogP contribution is 2.53. The van der Waals surface area contributed by atoms with Crippen LogP contribution in [0.2, 0.25) is 0 Å². The van der Waals surface area contributed by atoms with Gasteiger partial charge in [0.25, 0.3) is 0 Å². The predicted molar refractivity (Wildman–Crippen MR) is 78.8 cm³/mol. The third-order valence-corrected chi connectivity index (χ3v) is 7.36. The minimum absolute atomic E-state index is 0.0591. The number of halogens is 4. The summed E-state index contributed by atoms with van der Waals surface area (Å²) in [7, 11) is 0. The molecule has 5 heteroatoms. The maximum absolute atomic E-state index is 5.90. The highest BCUT2D eigenvalue weighted by atomic mass is 79.9. The fourth-order valence-electron chi connectivity index (χ4n) is 1.89. The second-order valence-corrected chi connectivity index (χ2v) is 6.68. The van der Waals surface area contributed by atoms with Gasteiger partial charge in [0, 0.05) is 20.1 Å². The third kappa shape index (κ3) is 1.44. The predicted octanol–water partition coefficient (Wildman–Crippen LogP) is 5.45. The molecule has 0 fully saturated rings. The number of fused-ring (bicyclic) bond motifs is 3. The van der Waals surface area contributed by atoms with Gasteiger partial charge in [-0.25, -0.2) is 0 Å². The molecular weight excluding hydrogens is 468 g/mol. The van der Waals surface area contributed by atoms with E-state index in [1.807, 2.05) is 6.08 Å². The van der Waals surface area contributed by atoms with Crippen LogP contribution in [-0.4, -0.2) is 6.10 Å². The van der Waals surface area contributed by atoms with Crippen molar-refractivity contribution in [3.63, 3.8) is 0 Å². The number of allylic oxidation sites excluding steroid dienone is 2. The summed E-state index contributed by atoms with van der Waals surface area (Å²) in [5, 5.41) is 0. The molecule has 1 aromatic rings. The lowest BCUT2D eigenvalue weighted by atomic mass is 10.1. The van der Waals surface area contributed by atoms with Crippen molar-refractivity contribution >= 4 is 69.3 Å². The van der Waals surface area contributed by atoms with Gasteiger partial charge in [0.1, 0.15) is 11.9 Å². The second-order valence-electron chi connectivity index (χ2n) is 3.51. The van der Waals surface area contributed by atoms with Crippen LogP contribution in [0.4, 0.5) is 0 Å². The van der Waals surface area contributed by atoms with Gasteiger partial charge in [-0.05, 0) is 69.8 Å². The van der Waals surface area contributed by atoms with Gasteiger partial charge in [0.15, 0.2) is 0 Å². The van der Waals surface area contributed by atoms with Crippen molar-refractivity contribution in [1.29, 1.82) is 0 Å². The quantitative estimate of drug-likeness (QED) is 0.361. The Balaban J connectivity index is 2.35. The molecule has 1 nitrogen and oxygen atoms in total. The molecule has 16 heavy (non-hydrogen) atoms. The van der Waals surface area contributed by atoms with Crippen molar-refractivity contribution in [2.24, 2.45) is 0 Å². The highest BCUT2D eigenvalue weighted by Gasteiger charge is 2.34. The Kier molecular flexibility index (Phi) is 2.86. The first-order valence-electron chi connectivity index (χ1n) is 4.52. The number of benzene rings is 1. The number of hydrogen-bond donors (Lipinski definition) is 0. The van der Waals surface area contributed by atoms with Gasteiger partial charge in [-0.1, -0.05) is 12.2 Å². The zero-order valence-electron chi connectivity index (χ0n) is 7.73. The van der Waals surface area contributed by atoms with Crippen molar-refractivity contribution in [3.05, 3.63) is 41.7 Å². The van der Waals surface area contributed by atoms with E-state index in [9.17, 15) is 0 Å². The Labute approximate surface area is 126 Å². The molecule has 2 aliphatic rings. The van der Waals surface area contributed by atoms with Crippen LogP contribution < -0.4 is 4.74 Å². The van der Waals surface area contributed by atoms with E-state index in [1.165, 1.54) is 5.57 Å². The Morgan fingerprint density at radius 1 is 0.938 bits per heavy atom. The first kappa shape index (κ1) is 11.5. The van der Waals surface area contributed by atoms with Crippen molar-refractivity contribution in [2.45, 2.75) is 6.10 Å². The molecule has 1 unspecified atom stereocenters. The normalized spacial score (nSPS) is 20.5. The van der Waals surface area contributed by atoms with E-state index in [-0.39, 0.29) is 6.10 Å². The van der Waals surface area contributed by atoms with Crippen LogP contribution in [0.1, 0.15) is 5.56 Å². The fourth-order valence-corrected chi connectivity index (χ4v) is 4.30. The van der Waals surface area contributed by atoms with Gasteiger partial charge in [0.05, 0.1) is 8.95 Å². The highest BCUT2D eigenvalue weighted by molar-refractivity contribution is 9.15. The molecule has 1 atom stereocenters. The minimum Gasteiger partial charge on any atom is -0.480 e. The standard InChI is InChI=1S/C11H4Br4O/c12-7-6-4-2-1-3-5(4)16-11(6)10(15)9(14)8(7)13/h1-3,5H. The molecule has 3 rings (SSSR count). The average Bonchev–Trinajstić information content (AvgIpc) is 2.82. The smallest absolute Gasteiger partial charge is 0.144 e. The molecule has 1 aliphatic carbocycles. The van der Waals surface area contributed by atoms with Gasteiger partial charge < -0.3 is 4.74 Å². The Bertz CT molecular complexity index is 560. The van der Waals surface area contributed by atoms with Gasteiger partial charge in [-0.15, -0.1) is 0 Å². The molecule has 0 saturated heterocycles. The minimum atomic E-state index is 0.0591. The molecule has 0 amide bonds. The average molecular weight is 472 g/mol. The monoisotopic (exact) mass is 468 g/mol. The zero-order chi connectivity index (χ0) is 11.4. The number of ether oxygens (including phenoxy) is 1. The summed E-state index contributed by atoms with van der Waals surface area (Å²) in [5.74, 6) is 0.891. The lowest BCUT2D eigenvalue weighted by molar-refractivity contribution is 0.323. The summed E-state index contributed by atoms with van der Waals surface area (Å²) in [6.45, 7) is 0. The van der Waals surface area contributed by atoms with Crippen LogP contribution in [0.5, 0.6) is 5.75 Å². The van der Waals surface area contributed by atoms with E-state index in [2.05, 4.69) is 75.9 Å². The molecule has 82 valence electrons. The van der Waals surface area contributed by atoms with Crippen molar-refractivity contribution in [1.82, 2.24) is 0 Å². The van der Waals surface area contributed by atoms with Gasteiger partial charge in [-0.2, -0.15) is 0 Å². The van der Waals surface area contributed by atoms with Gasteiger partial charge in [0.2, 0.25) is 0 Å². The van der Waals surface area contributed by atoms with E-state index < -0.39 is 0 Å². The summed E-state index contributed by atoms with van der Waals surface area (Å²) >= 11 is 14.2. The van der Waals surface area contributed by atoms with E-state index >= 15 is 0 Å². The molecule has 0 spiro atoms. The fraction of sp³-hybridized carbons (Fsp3) is 0.0909.